The second-order valence-corrected chi connectivity index (χ2v) is 5.68. The Hall–Kier alpha value is -3.14. The second kappa shape index (κ2) is 8.11. The number of para-hydroxylation sites is 2. The summed E-state index contributed by atoms with van der Waals surface area (Å²) in [4.78, 5) is 17.4. The van der Waals surface area contributed by atoms with Gasteiger partial charge in [-0.1, -0.05) is 48.5 Å². The van der Waals surface area contributed by atoms with Crippen LogP contribution < -0.4 is 10.1 Å². The number of carbonyl (C=O) groups excluding carboxylic acids is 1. The van der Waals surface area contributed by atoms with Crippen LogP contribution in [0.5, 0.6) is 5.75 Å². The van der Waals surface area contributed by atoms with Gasteiger partial charge in [0.1, 0.15) is 5.75 Å². The molecule has 25 heavy (non-hydrogen) atoms. The van der Waals surface area contributed by atoms with Crippen LogP contribution in [0.25, 0.3) is 0 Å². The predicted octanol–water partition coefficient (Wildman–Crippen LogP) is 4.06. The van der Waals surface area contributed by atoms with Gasteiger partial charge >= 0.3 is 0 Å². The van der Waals surface area contributed by atoms with Gasteiger partial charge in [-0.05, 0) is 29.8 Å². The van der Waals surface area contributed by atoms with E-state index in [1.807, 2.05) is 72.8 Å². The van der Waals surface area contributed by atoms with E-state index in [2.05, 4.69) is 10.3 Å². The smallest absolute Gasteiger partial charge is 0.232 e. The summed E-state index contributed by atoms with van der Waals surface area (Å²) in [6.45, 7) is 0. The van der Waals surface area contributed by atoms with Gasteiger partial charge in [0.25, 0.3) is 0 Å². The Bertz CT molecular complexity index is 820. The summed E-state index contributed by atoms with van der Waals surface area (Å²) in [5.41, 5.74) is 2.50. The Morgan fingerprint density at radius 2 is 1.72 bits per heavy atom. The Morgan fingerprint density at radius 3 is 2.44 bits per heavy atom. The molecule has 0 radical (unpaired) electrons. The van der Waals surface area contributed by atoms with Crippen molar-refractivity contribution in [2.45, 2.75) is 12.3 Å². The lowest BCUT2D eigenvalue weighted by Crippen LogP contribution is -2.23. The van der Waals surface area contributed by atoms with Gasteiger partial charge in [-0.2, -0.15) is 0 Å². The van der Waals surface area contributed by atoms with Gasteiger partial charge in [0.2, 0.25) is 5.91 Å². The average molecular weight is 332 g/mol. The molecular formula is C21H20N2O2. The van der Waals surface area contributed by atoms with Crippen molar-refractivity contribution in [3.8, 4) is 5.75 Å². The van der Waals surface area contributed by atoms with Crippen molar-refractivity contribution in [2.75, 3.05) is 12.4 Å². The van der Waals surface area contributed by atoms with Crippen LogP contribution in [-0.4, -0.2) is 18.0 Å². The largest absolute Gasteiger partial charge is 0.495 e. The molecule has 0 aliphatic carbocycles. The molecule has 4 nitrogen and oxygen atoms in total. The molecule has 126 valence electrons. The van der Waals surface area contributed by atoms with Gasteiger partial charge in [0, 0.05) is 18.3 Å². The zero-order valence-corrected chi connectivity index (χ0v) is 14.1. The third-order valence-corrected chi connectivity index (χ3v) is 4.02. The summed E-state index contributed by atoms with van der Waals surface area (Å²) in [6.07, 6.45) is 2.28. The van der Waals surface area contributed by atoms with Crippen LogP contribution in [0.4, 0.5) is 5.69 Å². The average Bonchev–Trinajstić information content (AvgIpc) is 2.68. The Balaban J connectivity index is 1.87. The minimum absolute atomic E-state index is 0.0821. The maximum Gasteiger partial charge on any atom is 0.232 e. The molecule has 0 aliphatic rings. The fourth-order valence-electron chi connectivity index (χ4n) is 2.74. The third kappa shape index (κ3) is 4.23. The van der Waals surface area contributed by atoms with Crippen LogP contribution in [0.15, 0.2) is 79.0 Å². The van der Waals surface area contributed by atoms with Gasteiger partial charge in [-0.25, -0.2) is 0 Å². The first-order chi connectivity index (χ1) is 12.3. The Kier molecular flexibility index (Phi) is 5.42. The van der Waals surface area contributed by atoms with Crippen LogP contribution in [0, 0.1) is 0 Å². The van der Waals surface area contributed by atoms with Crippen molar-refractivity contribution in [1.29, 1.82) is 0 Å². The normalized spacial score (nSPS) is 11.6. The minimum Gasteiger partial charge on any atom is -0.495 e. The molecule has 1 unspecified atom stereocenters. The van der Waals surface area contributed by atoms with E-state index in [4.69, 9.17) is 4.74 Å². The molecule has 1 heterocycles. The number of aromatic nitrogens is 1. The zero-order chi connectivity index (χ0) is 17.5. The molecule has 1 atom stereocenters. The molecule has 3 rings (SSSR count). The van der Waals surface area contributed by atoms with Crippen LogP contribution in [-0.2, 0) is 11.2 Å². The van der Waals surface area contributed by atoms with E-state index in [1.54, 1.807) is 13.3 Å². The molecule has 2 aromatic carbocycles. The lowest BCUT2D eigenvalue weighted by atomic mass is 9.93. The van der Waals surface area contributed by atoms with Crippen LogP contribution in [0.2, 0.25) is 0 Å². The fraction of sp³-hybridized carbons (Fsp3) is 0.143. The lowest BCUT2D eigenvalue weighted by molar-refractivity contribution is -0.117. The molecule has 0 fully saturated rings. The van der Waals surface area contributed by atoms with Crippen molar-refractivity contribution in [3.63, 3.8) is 0 Å². The monoisotopic (exact) mass is 332 g/mol. The number of nitrogens with zero attached hydrogens (tertiary/aromatic N) is 1. The first kappa shape index (κ1) is 16.7. The van der Waals surface area contributed by atoms with E-state index < -0.39 is 0 Å². The first-order valence-corrected chi connectivity index (χ1v) is 8.16. The van der Waals surface area contributed by atoms with E-state index in [-0.39, 0.29) is 11.8 Å². The number of amides is 1. The molecular weight excluding hydrogens is 312 g/mol. The highest BCUT2D eigenvalue weighted by molar-refractivity contribution is 5.97. The van der Waals surface area contributed by atoms with E-state index >= 15 is 0 Å². The number of hydrogen-bond donors (Lipinski definition) is 1. The topological polar surface area (TPSA) is 51.2 Å². The third-order valence-electron chi connectivity index (χ3n) is 4.02. The molecule has 3 aromatic rings. The van der Waals surface area contributed by atoms with Gasteiger partial charge in [-0.3, -0.25) is 9.78 Å². The van der Waals surface area contributed by atoms with Gasteiger partial charge in [0.05, 0.1) is 18.7 Å². The number of carbonyl (C=O) groups is 1. The van der Waals surface area contributed by atoms with Crippen LogP contribution >= 0.6 is 0 Å². The highest BCUT2D eigenvalue weighted by Gasteiger charge is 2.22. The van der Waals surface area contributed by atoms with Crippen molar-refractivity contribution >= 4 is 11.6 Å². The quantitative estimate of drug-likeness (QED) is 0.741. The molecule has 0 aliphatic heterocycles. The van der Waals surface area contributed by atoms with E-state index in [1.165, 1.54) is 0 Å². The fourth-order valence-corrected chi connectivity index (χ4v) is 2.74. The second-order valence-electron chi connectivity index (χ2n) is 5.68. The SMILES string of the molecule is COc1ccccc1NC(=O)C(Cc1ccccn1)c1ccccc1. The summed E-state index contributed by atoms with van der Waals surface area (Å²) in [7, 11) is 1.59. The summed E-state index contributed by atoms with van der Waals surface area (Å²) >= 11 is 0. The van der Waals surface area contributed by atoms with Crippen molar-refractivity contribution in [3.05, 3.63) is 90.3 Å². The molecule has 1 aromatic heterocycles. The van der Waals surface area contributed by atoms with E-state index in [0.717, 1.165) is 11.3 Å². The van der Waals surface area contributed by atoms with Crippen LogP contribution in [0.1, 0.15) is 17.2 Å². The minimum atomic E-state index is -0.332. The molecule has 4 heteroatoms. The zero-order valence-electron chi connectivity index (χ0n) is 14.1. The standard InChI is InChI=1S/C21H20N2O2/c1-25-20-13-6-5-12-19(20)23-21(24)18(16-9-3-2-4-10-16)15-17-11-7-8-14-22-17/h2-14,18H,15H2,1H3,(H,23,24). The highest BCUT2D eigenvalue weighted by Crippen LogP contribution is 2.27. The van der Waals surface area contributed by atoms with Gasteiger partial charge in [0.15, 0.2) is 0 Å². The number of hydrogen-bond acceptors (Lipinski definition) is 3. The maximum absolute atomic E-state index is 13.0. The van der Waals surface area contributed by atoms with Crippen molar-refractivity contribution in [2.24, 2.45) is 0 Å². The summed E-state index contributed by atoms with van der Waals surface area (Å²) < 4.78 is 5.32. The summed E-state index contributed by atoms with van der Waals surface area (Å²) in [5.74, 6) is 0.225. The van der Waals surface area contributed by atoms with Crippen LogP contribution in [0.3, 0.4) is 0 Å². The molecule has 0 bridgehead atoms. The first-order valence-electron chi connectivity index (χ1n) is 8.16. The van der Waals surface area contributed by atoms with Gasteiger partial charge in [-0.15, -0.1) is 0 Å². The van der Waals surface area contributed by atoms with E-state index in [0.29, 0.717) is 17.9 Å². The van der Waals surface area contributed by atoms with Crippen molar-refractivity contribution < 1.29 is 9.53 Å². The maximum atomic E-state index is 13.0. The number of pyridine rings is 1. The number of ether oxygens (including phenoxy) is 1. The Morgan fingerprint density at radius 1 is 1.00 bits per heavy atom. The van der Waals surface area contributed by atoms with Gasteiger partial charge < -0.3 is 10.1 Å². The summed E-state index contributed by atoms with van der Waals surface area (Å²) in [6, 6.07) is 22.9. The number of nitrogens with one attached hydrogen (secondary N) is 1. The molecule has 0 saturated carbocycles. The predicted molar refractivity (Wildman–Crippen MR) is 98.7 cm³/mol. The number of rotatable bonds is 6. The van der Waals surface area contributed by atoms with E-state index in [9.17, 15) is 4.79 Å². The number of anilines is 1. The molecule has 1 N–H and O–H groups in total. The summed E-state index contributed by atoms with van der Waals surface area (Å²) in [5, 5.41) is 2.99. The highest BCUT2D eigenvalue weighted by atomic mass is 16.5. The Labute approximate surface area is 147 Å². The number of methoxy groups -OCH3 is 1. The lowest BCUT2D eigenvalue weighted by Gasteiger charge is -2.18. The van der Waals surface area contributed by atoms with Crippen molar-refractivity contribution in [1.82, 2.24) is 4.98 Å². The molecule has 1 amide bonds. The molecule has 0 spiro atoms. The number of benzene rings is 2. The molecule has 0 saturated heterocycles.